The molecule has 1 fully saturated rings. The van der Waals surface area contributed by atoms with Crippen LogP contribution in [-0.2, 0) is 0 Å². The molecule has 0 aromatic carbocycles. The highest BCUT2D eigenvalue weighted by molar-refractivity contribution is 7.38. The molecule has 1 rings (SSSR count). The normalized spacial score (nSPS) is 19.2. The van der Waals surface area contributed by atoms with Crippen LogP contribution in [0, 0.1) is 0 Å². The van der Waals surface area contributed by atoms with Crippen molar-refractivity contribution in [1.29, 1.82) is 0 Å². The summed E-state index contributed by atoms with van der Waals surface area (Å²) >= 11 is 0. The van der Waals surface area contributed by atoms with E-state index in [-0.39, 0.29) is 0 Å². The van der Waals surface area contributed by atoms with Crippen LogP contribution in [0.3, 0.4) is 0 Å². The Morgan fingerprint density at radius 2 is 1.69 bits per heavy atom. The molecule has 0 spiro atoms. The van der Waals surface area contributed by atoms with E-state index in [1.54, 1.807) is 8.58 Å². The molecule has 1 heteroatoms. The maximum absolute atomic E-state index is 2.29. The van der Waals surface area contributed by atoms with Crippen LogP contribution in [-0.4, -0.2) is 11.8 Å². The minimum Gasteiger partial charge on any atom is -0.0775 e. The van der Waals surface area contributed by atoms with Crippen molar-refractivity contribution in [1.82, 2.24) is 0 Å². The van der Waals surface area contributed by atoms with Crippen LogP contribution in [0.1, 0.15) is 64.7 Å². The standard InChI is InChI=1S/C12H24P/c1-2-3-4-5-8-11-13-12-9-6-7-10-12/h12H,2-11H2,1H3. The number of hydrogen-bond acceptors (Lipinski definition) is 0. The Hall–Kier alpha value is 0.430. The van der Waals surface area contributed by atoms with E-state index < -0.39 is 0 Å². The Morgan fingerprint density at radius 1 is 1.00 bits per heavy atom. The van der Waals surface area contributed by atoms with Gasteiger partial charge in [0, 0.05) is 0 Å². The van der Waals surface area contributed by atoms with E-state index >= 15 is 0 Å². The van der Waals surface area contributed by atoms with Gasteiger partial charge < -0.3 is 0 Å². The molecule has 1 aliphatic rings. The zero-order chi connectivity index (χ0) is 9.36. The van der Waals surface area contributed by atoms with Crippen molar-refractivity contribution in [3.63, 3.8) is 0 Å². The van der Waals surface area contributed by atoms with Crippen molar-refractivity contribution < 1.29 is 0 Å². The lowest BCUT2D eigenvalue weighted by Crippen LogP contribution is -1.92. The number of hydrogen-bond donors (Lipinski definition) is 0. The lowest BCUT2D eigenvalue weighted by Gasteiger charge is -2.06. The fraction of sp³-hybridized carbons (Fsp3) is 1.00. The van der Waals surface area contributed by atoms with Crippen LogP contribution in [0.15, 0.2) is 0 Å². The molecule has 0 N–H and O–H groups in total. The summed E-state index contributed by atoms with van der Waals surface area (Å²) in [5, 5.41) is 0. The van der Waals surface area contributed by atoms with E-state index in [0.717, 1.165) is 5.66 Å². The number of rotatable bonds is 7. The molecule has 0 aromatic rings. The largest absolute Gasteiger partial charge is 0.0775 e. The summed E-state index contributed by atoms with van der Waals surface area (Å²) in [6.07, 6.45) is 14.8. The summed E-state index contributed by atoms with van der Waals surface area (Å²) < 4.78 is 0. The van der Waals surface area contributed by atoms with Crippen LogP contribution in [0.5, 0.6) is 0 Å². The summed E-state index contributed by atoms with van der Waals surface area (Å²) in [5.74, 6) is 0. The van der Waals surface area contributed by atoms with Gasteiger partial charge in [0.15, 0.2) is 0 Å². The van der Waals surface area contributed by atoms with E-state index in [9.17, 15) is 0 Å². The minimum absolute atomic E-state index is 1.09. The zero-order valence-electron chi connectivity index (χ0n) is 9.10. The average molecular weight is 199 g/mol. The second-order valence-electron chi connectivity index (χ2n) is 4.26. The quantitative estimate of drug-likeness (QED) is 0.406. The van der Waals surface area contributed by atoms with Crippen LogP contribution in [0.25, 0.3) is 0 Å². The molecule has 1 radical (unpaired) electrons. The molecule has 0 aromatic heterocycles. The van der Waals surface area contributed by atoms with Crippen molar-refractivity contribution in [3.8, 4) is 0 Å². The molecule has 0 heterocycles. The molecule has 0 aliphatic heterocycles. The lowest BCUT2D eigenvalue weighted by atomic mass is 10.2. The fourth-order valence-electron chi connectivity index (χ4n) is 2.08. The van der Waals surface area contributed by atoms with Gasteiger partial charge in [0.05, 0.1) is 0 Å². The SMILES string of the molecule is CCCCCCC[P]C1CCCC1. The Kier molecular flexibility index (Phi) is 6.90. The molecule has 13 heavy (non-hydrogen) atoms. The number of unbranched alkanes of at least 4 members (excludes halogenated alkanes) is 4. The smallest absolute Gasteiger partial charge is 0.0170 e. The van der Waals surface area contributed by atoms with Crippen molar-refractivity contribution in [3.05, 3.63) is 0 Å². The van der Waals surface area contributed by atoms with E-state index in [4.69, 9.17) is 0 Å². The third-order valence-corrected chi connectivity index (χ3v) is 4.58. The summed E-state index contributed by atoms with van der Waals surface area (Å²) in [5.41, 5.74) is 1.09. The molecule has 1 aliphatic carbocycles. The van der Waals surface area contributed by atoms with Gasteiger partial charge in [-0.05, 0) is 31.1 Å². The van der Waals surface area contributed by atoms with Gasteiger partial charge in [-0.15, -0.1) is 0 Å². The third-order valence-electron chi connectivity index (χ3n) is 2.97. The van der Waals surface area contributed by atoms with E-state index in [1.807, 2.05) is 0 Å². The highest BCUT2D eigenvalue weighted by Crippen LogP contribution is 2.34. The minimum atomic E-state index is 1.09. The third kappa shape index (κ3) is 5.68. The average Bonchev–Trinajstić information content (AvgIpc) is 2.63. The molecular formula is C12H24P. The van der Waals surface area contributed by atoms with Gasteiger partial charge in [0.2, 0.25) is 0 Å². The monoisotopic (exact) mass is 199 g/mol. The van der Waals surface area contributed by atoms with Crippen molar-refractivity contribution in [2.75, 3.05) is 6.16 Å². The topological polar surface area (TPSA) is 0 Å². The lowest BCUT2D eigenvalue weighted by molar-refractivity contribution is 0.658. The molecule has 0 atom stereocenters. The first-order valence-electron chi connectivity index (χ1n) is 6.10. The van der Waals surface area contributed by atoms with Crippen LogP contribution < -0.4 is 0 Å². The predicted molar refractivity (Wildman–Crippen MR) is 62.8 cm³/mol. The van der Waals surface area contributed by atoms with Gasteiger partial charge in [-0.2, -0.15) is 0 Å². The van der Waals surface area contributed by atoms with Crippen LogP contribution in [0.2, 0.25) is 0 Å². The first-order valence-corrected chi connectivity index (χ1v) is 7.25. The molecule has 0 nitrogen and oxygen atoms in total. The van der Waals surface area contributed by atoms with Crippen molar-refractivity contribution >= 4 is 8.58 Å². The molecule has 77 valence electrons. The van der Waals surface area contributed by atoms with Gasteiger partial charge >= 0.3 is 0 Å². The van der Waals surface area contributed by atoms with Gasteiger partial charge in [-0.25, -0.2) is 0 Å². The highest BCUT2D eigenvalue weighted by atomic mass is 31.1. The first kappa shape index (κ1) is 11.5. The Labute approximate surface area is 85.7 Å². The van der Waals surface area contributed by atoms with E-state index in [0.29, 0.717) is 0 Å². The van der Waals surface area contributed by atoms with E-state index in [2.05, 4.69) is 6.92 Å². The van der Waals surface area contributed by atoms with Gasteiger partial charge in [0.1, 0.15) is 0 Å². The van der Waals surface area contributed by atoms with Crippen LogP contribution >= 0.6 is 8.58 Å². The second kappa shape index (κ2) is 7.80. The summed E-state index contributed by atoms with van der Waals surface area (Å²) in [6, 6.07) is 0. The van der Waals surface area contributed by atoms with Gasteiger partial charge in [0.25, 0.3) is 0 Å². The zero-order valence-corrected chi connectivity index (χ0v) is 9.99. The van der Waals surface area contributed by atoms with Gasteiger partial charge in [-0.1, -0.05) is 54.0 Å². The summed E-state index contributed by atoms with van der Waals surface area (Å²) in [4.78, 5) is 0. The maximum Gasteiger partial charge on any atom is -0.0170 e. The van der Waals surface area contributed by atoms with Crippen molar-refractivity contribution in [2.45, 2.75) is 70.4 Å². The molecule has 0 saturated heterocycles. The molecular weight excluding hydrogens is 175 g/mol. The molecule has 0 unspecified atom stereocenters. The summed E-state index contributed by atoms with van der Waals surface area (Å²) in [6.45, 7) is 2.29. The first-order chi connectivity index (χ1) is 6.43. The second-order valence-corrected chi connectivity index (χ2v) is 5.80. The Balaban J connectivity index is 1.78. The summed E-state index contributed by atoms with van der Waals surface area (Å²) in [7, 11) is 1.77. The van der Waals surface area contributed by atoms with Crippen LogP contribution in [0.4, 0.5) is 0 Å². The van der Waals surface area contributed by atoms with Crippen molar-refractivity contribution in [2.24, 2.45) is 0 Å². The fourth-order valence-corrected chi connectivity index (χ4v) is 3.58. The predicted octanol–water partition coefficient (Wildman–Crippen LogP) is 4.85. The molecule has 0 amide bonds. The Morgan fingerprint density at radius 3 is 2.38 bits per heavy atom. The van der Waals surface area contributed by atoms with Gasteiger partial charge in [-0.3, -0.25) is 0 Å². The molecule has 0 bridgehead atoms. The van der Waals surface area contributed by atoms with E-state index in [1.165, 1.54) is 63.9 Å². The molecule has 1 saturated carbocycles. The Bertz CT molecular complexity index is 106. The highest BCUT2D eigenvalue weighted by Gasteiger charge is 2.14. The maximum atomic E-state index is 2.29.